The Kier molecular flexibility index (Phi) is 7.57. The second-order valence-electron chi connectivity index (χ2n) is 11.8. The van der Waals surface area contributed by atoms with Crippen LogP contribution in [-0.4, -0.2) is 59.4 Å². The van der Waals surface area contributed by atoms with Gasteiger partial charge in [0.15, 0.2) is 5.13 Å². The number of fused-ring (bicyclic) bond motifs is 2. The number of hydrogen-bond acceptors (Lipinski definition) is 6. The number of ether oxygens (including phenoxy) is 1. The van der Waals surface area contributed by atoms with Crippen LogP contribution in [0.25, 0.3) is 11.3 Å². The third-order valence-electron chi connectivity index (χ3n) is 9.13. The van der Waals surface area contributed by atoms with Gasteiger partial charge in [0.25, 0.3) is 5.91 Å². The van der Waals surface area contributed by atoms with Crippen LogP contribution in [0.3, 0.4) is 0 Å². The largest absolute Gasteiger partial charge is 0.488 e. The van der Waals surface area contributed by atoms with E-state index in [-0.39, 0.29) is 24.3 Å². The van der Waals surface area contributed by atoms with E-state index >= 15 is 4.39 Å². The van der Waals surface area contributed by atoms with E-state index in [0.717, 1.165) is 83.2 Å². The lowest BCUT2D eigenvalue weighted by atomic mass is 9.83. The molecule has 1 N–H and O–H groups in total. The Bertz CT molecular complexity index is 1370. The van der Waals surface area contributed by atoms with E-state index in [1.165, 1.54) is 6.42 Å². The summed E-state index contributed by atoms with van der Waals surface area (Å²) in [4.78, 5) is 22.0. The summed E-state index contributed by atoms with van der Waals surface area (Å²) >= 11 is 1.58. The zero-order valence-electron chi connectivity index (χ0n) is 23.4. The smallest absolute Gasteiger partial charge is 0.253 e. The maximum absolute atomic E-state index is 15.3. The number of alkyl halides is 1. The molecule has 2 aromatic carbocycles. The zero-order valence-corrected chi connectivity index (χ0v) is 24.2. The van der Waals surface area contributed by atoms with Crippen LogP contribution in [0.4, 0.5) is 9.52 Å². The van der Waals surface area contributed by atoms with Gasteiger partial charge >= 0.3 is 0 Å². The molecule has 1 saturated carbocycles. The molecular formula is C32H38FN3O3S. The Morgan fingerprint density at radius 1 is 1.10 bits per heavy atom. The number of anilines is 1. The monoisotopic (exact) mass is 563 g/mol. The van der Waals surface area contributed by atoms with Gasteiger partial charge in [-0.2, -0.15) is 0 Å². The van der Waals surface area contributed by atoms with Crippen molar-refractivity contribution < 1.29 is 19.0 Å². The predicted octanol–water partition coefficient (Wildman–Crippen LogP) is 6.18. The number of thiazole rings is 1. The Morgan fingerprint density at radius 2 is 1.85 bits per heavy atom. The fraction of sp³-hybridized carbons (Fsp3) is 0.500. The SMILES string of the molecule is Cc1ccc(OCc2ccc(C(=O)N3CCCCC3)cc2C)c(-c2csc(N3CC4CCC(C3)C4(F)CO)n2)c1. The van der Waals surface area contributed by atoms with Gasteiger partial charge in [-0.05, 0) is 81.3 Å². The van der Waals surface area contributed by atoms with Gasteiger partial charge in [0.1, 0.15) is 18.0 Å². The number of aryl methyl sites for hydroxylation is 2. The molecule has 8 heteroatoms. The molecule has 6 nitrogen and oxygen atoms in total. The first-order chi connectivity index (χ1) is 19.4. The number of hydrogen-bond donors (Lipinski definition) is 1. The van der Waals surface area contributed by atoms with Crippen LogP contribution in [0.5, 0.6) is 5.75 Å². The second-order valence-corrected chi connectivity index (χ2v) is 12.6. The fourth-order valence-corrected chi connectivity index (χ4v) is 7.50. The molecule has 2 bridgehead atoms. The Hall–Kier alpha value is -2.97. The predicted molar refractivity (Wildman–Crippen MR) is 157 cm³/mol. The van der Waals surface area contributed by atoms with Crippen molar-refractivity contribution in [3.63, 3.8) is 0 Å². The first kappa shape index (κ1) is 27.2. The van der Waals surface area contributed by atoms with Crippen molar-refractivity contribution >= 4 is 22.4 Å². The molecule has 212 valence electrons. The number of aromatic nitrogens is 1. The molecule has 1 aliphatic carbocycles. The number of nitrogens with zero attached hydrogens (tertiary/aromatic N) is 3. The Labute approximate surface area is 239 Å². The third-order valence-corrected chi connectivity index (χ3v) is 10.0. The number of aliphatic hydroxyl groups excluding tert-OH is 1. The topological polar surface area (TPSA) is 65.9 Å². The van der Waals surface area contributed by atoms with Crippen molar-refractivity contribution in [2.24, 2.45) is 11.8 Å². The summed E-state index contributed by atoms with van der Waals surface area (Å²) in [5.41, 5.74) is 4.28. The number of rotatable bonds is 7. The number of aliphatic hydroxyl groups is 1. The lowest BCUT2D eigenvalue weighted by Gasteiger charge is -2.41. The molecule has 6 rings (SSSR count). The number of benzene rings is 2. The van der Waals surface area contributed by atoms with Crippen molar-refractivity contribution in [2.75, 3.05) is 37.7 Å². The zero-order chi connectivity index (χ0) is 27.9. The quantitative estimate of drug-likeness (QED) is 0.372. The summed E-state index contributed by atoms with van der Waals surface area (Å²) in [6, 6.07) is 12.0. The van der Waals surface area contributed by atoms with Crippen LogP contribution in [0.1, 0.15) is 59.2 Å². The van der Waals surface area contributed by atoms with Crippen molar-refractivity contribution in [2.45, 2.75) is 58.2 Å². The highest BCUT2D eigenvalue weighted by Crippen LogP contribution is 2.49. The molecule has 2 saturated heterocycles. The van der Waals surface area contributed by atoms with E-state index in [1.807, 2.05) is 42.2 Å². The molecule has 3 heterocycles. The van der Waals surface area contributed by atoms with Crippen molar-refractivity contribution in [1.82, 2.24) is 9.88 Å². The lowest BCUT2D eigenvalue weighted by Crippen LogP contribution is -2.53. The number of likely N-dealkylation sites (tertiary alicyclic amines) is 1. The normalized spacial score (nSPS) is 24.4. The molecule has 40 heavy (non-hydrogen) atoms. The molecular weight excluding hydrogens is 525 g/mol. The van der Waals surface area contributed by atoms with Gasteiger partial charge in [-0.15, -0.1) is 11.3 Å². The number of amides is 1. The van der Waals surface area contributed by atoms with E-state index in [9.17, 15) is 9.90 Å². The highest BCUT2D eigenvalue weighted by Gasteiger charge is 2.54. The molecule has 2 unspecified atom stereocenters. The molecule has 0 radical (unpaired) electrons. The summed E-state index contributed by atoms with van der Waals surface area (Å²) < 4.78 is 21.6. The van der Waals surface area contributed by atoms with E-state index in [1.54, 1.807) is 11.3 Å². The molecule has 3 aromatic rings. The lowest BCUT2D eigenvalue weighted by molar-refractivity contribution is -0.00962. The van der Waals surface area contributed by atoms with E-state index in [0.29, 0.717) is 19.7 Å². The summed E-state index contributed by atoms with van der Waals surface area (Å²) in [6.45, 7) is 6.96. The third kappa shape index (κ3) is 5.12. The van der Waals surface area contributed by atoms with Gasteiger partial charge in [-0.25, -0.2) is 9.37 Å². The summed E-state index contributed by atoms with van der Waals surface area (Å²) in [6.07, 6.45) is 5.00. The molecule has 3 aliphatic rings. The van der Waals surface area contributed by atoms with Crippen LogP contribution in [0, 0.1) is 25.7 Å². The van der Waals surface area contributed by atoms with Gasteiger partial charge in [-0.3, -0.25) is 4.79 Å². The average molecular weight is 564 g/mol. The van der Waals surface area contributed by atoms with Gasteiger partial charge in [0, 0.05) is 54.5 Å². The number of carbonyl (C=O) groups excluding carboxylic acids is 1. The van der Waals surface area contributed by atoms with Crippen LogP contribution in [-0.2, 0) is 6.61 Å². The fourth-order valence-electron chi connectivity index (χ4n) is 6.65. The van der Waals surface area contributed by atoms with Gasteiger partial charge < -0.3 is 19.6 Å². The number of piperidine rings is 2. The van der Waals surface area contributed by atoms with Gasteiger partial charge in [0.05, 0.1) is 12.3 Å². The Balaban J connectivity index is 1.16. The molecule has 2 atom stereocenters. The molecule has 1 amide bonds. The van der Waals surface area contributed by atoms with Crippen LogP contribution in [0.15, 0.2) is 41.8 Å². The van der Waals surface area contributed by atoms with Crippen molar-refractivity contribution in [3.05, 3.63) is 64.0 Å². The van der Waals surface area contributed by atoms with Crippen molar-refractivity contribution in [1.29, 1.82) is 0 Å². The highest BCUT2D eigenvalue weighted by atomic mass is 32.1. The first-order valence-electron chi connectivity index (χ1n) is 14.5. The maximum atomic E-state index is 15.3. The number of halogens is 1. The standard InChI is InChI=1S/C32H38FN3O3S/c1-21-6-11-29(39-18-24-8-7-23(15-22(24)2)30(38)35-12-4-3-5-13-35)27(14-21)28-19-40-31(34-28)36-16-25-9-10-26(17-36)32(25,33)20-37/h6-8,11,14-15,19,25-26,37H,3-5,9-10,12-13,16-18,20H2,1-2H3. The second kappa shape index (κ2) is 11.1. The summed E-state index contributed by atoms with van der Waals surface area (Å²) in [5, 5.41) is 12.6. The van der Waals surface area contributed by atoms with Crippen LogP contribution < -0.4 is 9.64 Å². The first-order valence-corrected chi connectivity index (χ1v) is 15.4. The van der Waals surface area contributed by atoms with E-state index < -0.39 is 5.67 Å². The molecule has 3 fully saturated rings. The highest BCUT2D eigenvalue weighted by molar-refractivity contribution is 7.14. The van der Waals surface area contributed by atoms with Crippen LogP contribution in [0.2, 0.25) is 0 Å². The molecule has 0 spiro atoms. The number of carbonyl (C=O) groups is 1. The minimum atomic E-state index is -1.45. The van der Waals surface area contributed by atoms with Gasteiger partial charge in [-0.1, -0.05) is 17.7 Å². The molecule has 1 aromatic heterocycles. The minimum Gasteiger partial charge on any atom is -0.488 e. The Morgan fingerprint density at radius 3 is 2.55 bits per heavy atom. The minimum absolute atomic E-state index is 0.116. The summed E-state index contributed by atoms with van der Waals surface area (Å²) in [7, 11) is 0. The summed E-state index contributed by atoms with van der Waals surface area (Å²) in [5.74, 6) is 0.584. The maximum Gasteiger partial charge on any atom is 0.253 e. The average Bonchev–Trinajstić information content (AvgIpc) is 3.50. The van der Waals surface area contributed by atoms with Crippen molar-refractivity contribution in [3.8, 4) is 17.0 Å². The molecule has 2 aliphatic heterocycles. The van der Waals surface area contributed by atoms with Gasteiger partial charge in [0.2, 0.25) is 0 Å². The van der Waals surface area contributed by atoms with E-state index in [2.05, 4.69) is 23.3 Å². The van der Waals surface area contributed by atoms with Crippen LogP contribution >= 0.6 is 11.3 Å². The van der Waals surface area contributed by atoms with E-state index in [4.69, 9.17) is 9.72 Å².